The second-order valence-electron chi connectivity index (χ2n) is 9.86. The van der Waals surface area contributed by atoms with E-state index in [0.717, 1.165) is 40.6 Å². The number of aryl methyl sites for hydroxylation is 1. The van der Waals surface area contributed by atoms with E-state index >= 15 is 0 Å². The van der Waals surface area contributed by atoms with Crippen molar-refractivity contribution in [2.75, 3.05) is 17.7 Å². The molecule has 1 amide bonds. The Bertz CT molecular complexity index is 1670. The average molecular weight is 628 g/mol. The van der Waals surface area contributed by atoms with Gasteiger partial charge in [0.2, 0.25) is 5.91 Å². The highest BCUT2D eigenvalue weighted by Gasteiger charge is 2.25. The van der Waals surface area contributed by atoms with Crippen LogP contribution in [0.2, 0.25) is 5.02 Å². The Balaban J connectivity index is 1.33. The molecule has 0 fully saturated rings. The summed E-state index contributed by atoms with van der Waals surface area (Å²) in [6.07, 6.45) is 4.83. The number of anilines is 1. The van der Waals surface area contributed by atoms with E-state index in [1.165, 1.54) is 28.0 Å². The first kappa shape index (κ1) is 29.6. The zero-order chi connectivity index (χ0) is 29.1. The molecule has 1 aromatic carbocycles. The van der Waals surface area contributed by atoms with Gasteiger partial charge >= 0.3 is 5.97 Å². The van der Waals surface area contributed by atoms with Gasteiger partial charge in [0.1, 0.15) is 15.4 Å². The van der Waals surface area contributed by atoms with Crippen LogP contribution < -0.4 is 10.9 Å². The molecule has 0 saturated heterocycles. The summed E-state index contributed by atoms with van der Waals surface area (Å²) in [5.74, 6) is 0.273. The minimum absolute atomic E-state index is 0.0405. The molecule has 0 bridgehead atoms. The lowest BCUT2D eigenvalue weighted by molar-refractivity contribution is -0.115. The summed E-state index contributed by atoms with van der Waals surface area (Å²) in [4.78, 5) is 46.3. The number of thiophene rings is 2. The Kier molecular flexibility index (Phi) is 9.33. The van der Waals surface area contributed by atoms with Crippen LogP contribution in [-0.2, 0) is 28.9 Å². The lowest BCUT2D eigenvalue weighted by atomic mass is 9.89. The van der Waals surface area contributed by atoms with Gasteiger partial charge in [-0.05, 0) is 55.4 Å². The lowest BCUT2D eigenvalue weighted by Crippen LogP contribution is -2.23. The number of thioether (sulfide) groups is 1. The van der Waals surface area contributed by atoms with Crippen LogP contribution in [-0.4, -0.2) is 33.8 Å². The maximum Gasteiger partial charge on any atom is 0.341 e. The van der Waals surface area contributed by atoms with Crippen molar-refractivity contribution in [2.24, 2.45) is 5.92 Å². The standard InChI is InChI=1S/C30H30ClN3O4S3/c1-4-13-34-28(36)24-20-11-6-17(3)15-22(20)41-27(24)33-30(34)39-14-12-23(35)32-26-25(29(37)38-5-2)21(16-40-26)18-7-9-19(31)10-8-18/h4,7-10,16-17H,1,5-6,11-15H2,2-3H3,(H,32,35)/t17-/m1/s1. The minimum Gasteiger partial charge on any atom is -0.462 e. The third-order valence-corrected chi connectivity index (χ3v) is 10.2. The molecule has 5 rings (SSSR count). The fraction of sp³-hybridized carbons (Fsp3) is 0.333. The molecule has 4 aromatic rings. The molecule has 0 saturated carbocycles. The fourth-order valence-electron chi connectivity index (χ4n) is 4.93. The molecule has 1 N–H and O–H groups in total. The number of esters is 1. The number of hydrogen-bond acceptors (Lipinski definition) is 8. The summed E-state index contributed by atoms with van der Waals surface area (Å²) in [6, 6.07) is 7.16. The predicted octanol–water partition coefficient (Wildman–Crippen LogP) is 7.45. The summed E-state index contributed by atoms with van der Waals surface area (Å²) in [6.45, 7) is 8.37. The van der Waals surface area contributed by atoms with Crippen LogP contribution in [0.4, 0.5) is 5.00 Å². The van der Waals surface area contributed by atoms with Gasteiger partial charge < -0.3 is 10.1 Å². The van der Waals surface area contributed by atoms with Crippen molar-refractivity contribution in [1.82, 2.24) is 9.55 Å². The first-order valence-electron chi connectivity index (χ1n) is 13.4. The second-order valence-corrected chi connectivity index (χ2v) is 13.3. The summed E-state index contributed by atoms with van der Waals surface area (Å²) < 4.78 is 6.94. The zero-order valence-corrected chi connectivity index (χ0v) is 26.0. The quantitative estimate of drug-likeness (QED) is 0.0850. The zero-order valence-electron chi connectivity index (χ0n) is 22.8. The van der Waals surface area contributed by atoms with E-state index in [1.807, 2.05) is 17.5 Å². The van der Waals surface area contributed by atoms with E-state index in [9.17, 15) is 14.4 Å². The topological polar surface area (TPSA) is 90.3 Å². The summed E-state index contributed by atoms with van der Waals surface area (Å²) in [5.41, 5.74) is 2.91. The number of carbonyl (C=O) groups is 2. The van der Waals surface area contributed by atoms with Gasteiger partial charge in [0, 0.05) is 39.6 Å². The maximum atomic E-state index is 13.5. The van der Waals surface area contributed by atoms with Crippen LogP contribution in [0.15, 0.2) is 52.3 Å². The summed E-state index contributed by atoms with van der Waals surface area (Å²) in [7, 11) is 0. The van der Waals surface area contributed by atoms with E-state index in [-0.39, 0.29) is 24.5 Å². The molecule has 0 radical (unpaired) electrons. The Morgan fingerprint density at radius 2 is 2.10 bits per heavy atom. The predicted molar refractivity (Wildman–Crippen MR) is 170 cm³/mol. The smallest absolute Gasteiger partial charge is 0.341 e. The van der Waals surface area contributed by atoms with Gasteiger partial charge in [-0.15, -0.1) is 29.3 Å². The normalized spacial score (nSPS) is 14.6. The number of fused-ring (bicyclic) bond motifs is 3. The van der Waals surface area contributed by atoms with E-state index in [1.54, 1.807) is 41.0 Å². The van der Waals surface area contributed by atoms with Crippen LogP contribution >= 0.6 is 46.0 Å². The van der Waals surface area contributed by atoms with Crippen molar-refractivity contribution in [2.45, 2.75) is 51.2 Å². The van der Waals surface area contributed by atoms with Crippen LogP contribution in [0, 0.1) is 5.92 Å². The Morgan fingerprint density at radius 3 is 2.83 bits per heavy atom. The van der Waals surface area contributed by atoms with E-state index in [2.05, 4.69) is 18.8 Å². The summed E-state index contributed by atoms with van der Waals surface area (Å²) in [5, 5.41) is 7.06. The SMILES string of the molecule is C=CCn1c(SCCC(=O)Nc2scc(-c3ccc(Cl)cc3)c2C(=O)OCC)nc2sc3c(c2c1=O)CC[C@@H](C)C3. The molecule has 1 atom stereocenters. The molecule has 3 heterocycles. The van der Waals surface area contributed by atoms with Crippen molar-refractivity contribution in [1.29, 1.82) is 0 Å². The number of halogens is 1. The second kappa shape index (κ2) is 12.9. The number of ether oxygens (including phenoxy) is 1. The molecule has 1 aliphatic carbocycles. The van der Waals surface area contributed by atoms with Crippen molar-refractivity contribution in [3.63, 3.8) is 0 Å². The number of benzene rings is 1. The summed E-state index contributed by atoms with van der Waals surface area (Å²) >= 11 is 10.3. The number of amides is 1. The number of aromatic nitrogens is 2. The first-order chi connectivity index (χ1) is 19.8. The molecule has 1 aliphatic rings. The van der Waals surface area contributed by atoms with Crippen LogP contribution in [0.1, 0.15) is 47.5 Å². The fourth-order valence-corrected chi connectivity index (χ4v) is 8.40. The molecule has 7 nitrogen and oxygen atoms in total. The average Bonchev–Trinajstić information content (AvgIpc) is 3.52. The van der Waals surface area contributed by atoms with Crippen molar-refractivity contribution in [3.8, 4) is 11.1 Å². The largest absolute Gasteiger partial charge is 0.462 e. The molecule has 214 valence electrons. The van der Waals surface area contributed by atoms with Gasteiger partial charge in [-0.2, -0.15) is 0 Å². The highest BCUT2D eigenvalue weighted by Crippen LogP contribution is 2.38. The van der Waals surface area contributed by atoms with Crippen LogP contribution in [0.3, 0.4) is 0 Å². The van der Waals surface area contributed by atoms with E-state index in [0.29, 0.717) is 44.5 Å². The molecule has 0 unspecified atom stereocenters. The third kappa shape index (κ3) is 6.30. The van der Waals surface area contributed by atoms with Gasteiger partial charge in [0.25, 0.3) is 5.56 Å². The molecule has 0 spiro atoms. The van der Waals surface area contributed by atoms with Crippen molar-refractivity contribution >= 4 is 73.1 Å². The molecular weight excluding hydrogens is 598 g/mol. The maximum absolute atomic E-state index is 13.5. The molecule has 41 heavy (non-hydrogen) atoms. The molecular formula is C30H30ClN3O4S3. The Hall–Kier alpha value is -2.92. The Morgan fingerprint density at radius 1 is 1.32 bits per heavy atom. The van der Waals surface area contributed by atoms with Crippen molar-refractivity contribution < 1.29 is 14.3 Å². The molecule has 11 heteroatoms. The number of rotatable bonds is 10. The minimum atomic E-state index is -0.498. The van der Waals surface area contributed by atoms with Crippen LogP contribution in [0.25, 0.3) is 21.3 Å². The third-order valence-electron chi connectivity index (χ3n) is 6.93. The Labute approximate surface area is 255 Å². The molecule has 0 aliphatic heterocycles. The number of nitrogens with one attached hydrogen (secondary N) is 1. The number of carbonyl (C=O) groups excluding carboxylic acids is 2. The van der Waals surface area contributed by atoms with Gasteiger partial charge in [0.15, 0.2) is 5.16 Å². The lowest BCUT2D eigenvalue weighted by Gasteiger charge is -2.17. The van der Waals surface area contributed by atoms with Crippen molar-refractivity contribution in [3.05, 3.63) is 73.7 Å². The number of hydrogen-bond donors (Lipinski definition) is 1. The van der Waals surface area contributed by atoms with Crippen LogP contribution in [0.5, 0.6) is 0 Å². The van der Waals surface area contributed by atoms with E-state index in [4.69, 9.17) is 21.3 Å². The highest BCUT2D eigenvalue weighted by atomic mass is 35.5. The van der Waals surface area contributed by atoms with Gasteiger partial charge in [-0.1, -0.05) is 48.5 Å². The first-order valence-corrected chi connectivity index (χ1v) is 16.5. The monoisotopic (exact) mass is 627 g/mol. The highest BCUT2D eigenvalue weighted by molar-refractivity contribution is 7.99. The van der Waals surface area contributed by atoms with Gasteiger partial charge in [-0.3, -0.25) is 14.2 Å². The van der Waals surface area contributed by atoms with Gasteiger partial charge in [-0.25, -0.2) is 9.78 Å². The van der Waals surface area contributed by atoms with Gasteiger partial charge in [0.05, 0.1) is 12.0 Å². The van der Waals surface area contributed by atoms with E-state index < -0.39 is 5.97 Å². The number of allylic oxidation sites excluding steroid dienone is 1. The molecule has 3 aromatic heterocycles. The number of nitrogens with zero attached hydrogens (tertiary/aromatic N) is 2.